The molecule has 4 rings (SSSR count). The van der Waals surface area contributed by atoms with Gasteiger partial charge in [0.25, 0.3) is 5.56 Å². The summed E-state index contributed by atoms with van der Waals surface area (Å²) >= 11 is 0. The van der Waals surface area contributed by atoms with Crippen LogP contribution in [-0.4, -0.2) is 16.9 Å². The summed E-state index contributed by atoms with van der Waals surface area (Å²) in [4.78, 5) is 26.7. The van der Waals surface area contributed by atoms with Crippen LogP contribution in [0.15, 0.2) is 41.2 Å². The van der Waals surface area contributed by atoms with Gasteiger partial charge in [0, 0.05) is 29.3 Å². The van der Waals surface area contributed by atoms with Crippen molar-refractivity contribution >= 4 is 11.5 Å². The van der Waals surface area contributed by atoms with E-state index in [1.54, 1.807) is 18.2 Å². The van der Waals surface area contributed by atoms with Crippen molar-refractivity contribution in [3.63, 3.8) is 0 Å². The Morgan fingerprint density at radius 1 is 1.04 bits per heavy atom. The molecule has 134 valence electrons. The highest BCUT2D eigenvalue weighted by molar-refractivity contribution is 5.82. The first-order valence-electron chi connectivity index (χ1n) is 8.71. The maximum absolute atomic E-state index is 13.7. The number of amides is 1. The molecule has 26 heavy (non-hydrogen) atoms. The predicted octanol–water partition coefficient (Wildman–Crippen LogP) is 3.24. The topological polar surface area (TPSA) is 62.0 Å². The Kier molecular flexibility index (Phi) is 4.18. The lowest BCUT2D eigenvalue weighted by Gasteiger charge is -2.13. The lowest BCUT2D eigenvalue weighted by atomic mass is 9.98. The first-order chi connectivity index (χ1) is 12.5. The van der Waals surface area contributed by atoms with Crippen LogP contribution in [0.2, 0.25) is 0 Å². The van der Waals surface area contributed by atoms with Crippen molar-refractivity contribution in [2.24, 2.45) is 0 Å². The number of carbonyl (C=O) groups excluding carboxylic acids is 1. The SMILES string of the molecule is O=C1CC[C@H](C=C(c2ccc(F)c(F)c2)c2ccc(C3CC3)c(=O)[nH]2)N1. The third-order valence-electron chi connectivity index (χ3n) is 4.87. The van der Waals surface area contributed by atoms with E-state index in [0.29, 0.717) is 35.6 Å². The van der Waals surface area contributed by atoms with Gasteiger partial charge in [0.05, 0.1) is 0 Å². The van der Waals surface area contributed by atoms with Crippen molar-refractivity contribution in [2.75, 3.05) is 0 Å². The van der Waals surface area contributed by atoms with Gasteiger partial charge in [-0.2, -0.15) is 0 Å². The normalized spacial score (nSPS) is 20.3. The fourth-order valence-electron chi connectivity index (χ4n) is 3.33. The number of nitrogens with one attached hydrogen (secondary N) is 2. The number of benzene rings is 1. The molecular formula is C20H18F2N2O2. The zero-order valence-electron chi connectivity index (χ0n) is 14.0. The minimum Gasteiger partial charge on any atom is -0.350 e. The number of rotatable bonds is 4. The van der Waals surface area contributed by atoms with E-state index in [0.717, 1.165) is 30.5 Å². The molecule has 2 fully saturated rings. The molecule has 1 aromatic carbocycles. The minimum absolute atomic E-state index is 0.0477. The third-order valence-corrected chi connectivity index (χ3v) is 4.87. The second-order valence-corrected chi connectivity index (χ2v) is 6.85. The van der Waals surface area contributed by atoms with Crippen LogP contribution in [0.4, 0.5) is 8.78 Å². The van der Waals surface area contributed by atoms with Gasteiger partial charge in [0.15, 0.2) is 11.6 Å². The molecule has 1 saturated heterocycles. The van der Waals surface area contributed by atoms with E-state index >= 15 is 0 Å². The van der Waals surface area contributed by atoms with Crippen LogP contribution in [0.25, 0.3) is 5.57 Å². The molecule has 2 aliphatic rings. The molecular weight excluding hydrogens is 338 g/mol. The van der Waals surface area contributed by atoms with Gasteiger partial charge in [-0.15, -0.1) is 0 Å². The average Bonchev–Trinajstić information content (AvgIpc) is 3.37. The molecule has 1 aliphatic heterocycles. The summed E-state index contributed by atoms with van der Waals surface area (Å²) in [5, 5.41) is 2.83. The van der Waals surface area contributed by atoms with Crippen LogP contribution in [0.1, 0.15) is 48.4 Å². The van der Waals surface area contributed by atoms with Crippen molar-refractivity contribution in [3.05, 3.63) is 75.2 Å². The Bertz CT molecular complexity index is 961. The van der Waals surface area contributed by atoms with Crippen LogP contribution in [0.3, 0.4) is 0 Å². The largest absolute Gasteiger partial charge is 0.350 e. The molecule has 1 atom stereocenters. The Hall–Kier alpha value is -2.76. The second-order valence-electron chi connectivity index (χ2n) is 6.85. The van der Waals surface area contributed by atoms with Crippen LogP contribution in [0.5, 0.6) is 0 Å². The lowest BCUT2D eigenvalue weighted by molar-refractivity contribution is -0.119. The summed E-state index contributed by atoms with van der Waals surface area (Å²) < 4.78 is 27.1. The van der Waals surface area contributed by atoms with E-state index in [4.69, 9.17) is 0 Å². The highest BCUT2D eigenvalue weighted by atomic mass is 19.2. The quantitative estimate of drug-likeness (QED) is 0.883. The summed E-state index contributed by atoms with van der Waals surface area (Å²) in [5.41, 5.74) is 2.13. The lowest BCUT2D eigenvalue weighted by Crippen LogP contribution is -2.23. The number of carbonyl (C=O) groups is 1. The van der Waals surface area contributed by atoms with Crippen molar-refractivity contribution in [1.82, 2.24) is 10.3 Å². The van der Waals surface area contributed by atoms with E-state index in [1.165, 1.54) is 6.07 Å². The average molecular weight is 356 g/mol. The molecule has 2 aromatic rings. The summed E-state index contributed by atoms with van der Waals surface area (Å²) in [6.45, 7) is 0. The Labute approximate surface area is 148 Å². The first-order valence-corrected chi connectivity index (χ1v) is 8.71. The van der Waals surface area contributed by atoms with E-state index in [-0.39, 0.29) is 17.5 Å². The second kappa shape index (κ2) is 6.52. The van der Waals surface area contributed by atoms with E-state index in [9.17, 15) is 18.4 Å². The van der Waals surface area contributed by atoms with Crippen LogP contribution in [0, 0.1) is 11.6 Å². The Morgan fingerprint density at radius 3 is 2.46 bits per heavy atom. The monoisotopic (exact) mass is 356 g/mol. The molecule has 4 nitrogen and oxygen atoms in total. The molecule has 1 saturated carbocycles. The highest BCUT2D eigenvalue weighted by Crippen LogP contribution is 2.38. The Morgan fingerprint density at radius 2 is 1.85 bits per heavy atom. The number of hydrogen-bond donors (Lipinski definition) is 2. The van der Waals surface area contributed by atoms with Gasteiger partial charge in [0.1, 0.15) is 0 Å². The van der Waals surface area contributed by atoms with Crippen molar-refractivity contribution in [1.29, 1.82) is 0 Å². The van der Waals surface area contributed by atoms with Crippen molar-refractivity contribution < 1.29 is 13.6 Å². The number of halogens is 2. The highest BCUT2D eigenvalue weighted by Gasteiger charge is 2.26. The zero-order chi connectivity index (χ0) is 18.3. The predicted molar refractivity (Wildman–Crippen MR) is 93.6 cm³/mol. The smallest absolute Gasteiger partial charge is 0.251 e. The number of H-pyrrole nitrogens is 1. The van der Waals surface area contributed by atoms with Gasteiger partial charge in [-0.1, -0.05) is 18.2 Å². The molecule has 1 amide bonds. The summed E-state index contributed by atoms with van der Waals surface area (Å²) in [6.07, 6.45) is 4.87. The number of pyridine rings is 1. The zero-order valence-corrected chi connectivity index (χ0v) is 14.0. The van der Waals surface area contributed by atoms with Crippen LogP contribution in [-0.2, 0) is 4.79 Å². The first kappa shape index (κ1) is 16.7. The minimum atomic E-state index is -0.958. The van der Waals surface area contributed by atoms with Gasteiger partial charge >= 0.3 is 0 Å². The summed E-state index contributed by atoms with van der Waals surface area (Å²) in [6, 6.07) is 7.00. The molecule has 2 heterocycles. The maximum Gasteiger partial charge on any atom is 0.251 e. The van der Waals surface area contributed by atoms with Crippen molar-refractivity contribution in [3.8, 4) is 0 Å². The molecule has 0 unspecified atom stereocenters. The summed E-state index contributed by atoms with van der Waals surface area (Å²) in [7, 11) is 0. The standard InChI is InChI=1S/C20H18F2N2O2/c21-16-6-3-12(9-17(16)22)15(10-13-4-8-19(25)23-13)18-7-5-14(11-1-2-11)20(26)24-18/h3,5-7,9-11,13H,1-2,4,8H2,(H,23,25)(H,24,26)/t13-/m1/s1. The molecule has 2 N–H and O–H groups in total. The number of hydrogen-bond acceptors (Lipinski definition) is 2. The fourth-order valence-corrected chi connectivity index (χ4v) is 3.33. The maximum atomic E-state index is 13.7. The molecule has 0 radical (unpaired) electrons. The van der Waals surface area contributed by atoms with Crippen LogP contribution >= 0.6 is 0 Å². The molecule has 1 aliphatic carbocycles. The number of aromatic amines is 1. The van der Waals surface area contributed by atoms with Gasteiger partial charge in [-0.25, -0.2) is 8.78 Å². The third kappa shape index (κ3) is 3.31. The number of aromatic nitrogens is 1. The van der Waals surface area contributed by atoms with Crippen LogP contribution < -0.4 is 10.9 Å². The molecule has 0 bridgehead atoms. The van der Waals surface area contributed by atoms with E-state index in [2.05, 4.69) is 10.3 Å². The molecule has 0 spiro atoms. The van der Waals surface area contributed by atoms with Gasteiger partial charge in [0.2, 0.25) is 5.91 Å². The van der Waals surface area contributed by atoms with Gasteiger partial charge in [-0.05, 0) is 48.9 Å². The van der Waals surface area contributed by atoms with E-state index < -0.39 is 11.6 Å². The molecule has 6 heteroatoms. The van der Waals surface area contributed by atoms with Gasteiger partial charge in [-0.3, -0.25) is 9.59 Å². The van der Waals surface area contributed by atoms with Crippen molar-refractivity contribution in [2.45, 2.75) is 37.6 Å². The fraction of sp³-hybridized carbons (Fsp3) is 0.300. The van der Waals surface area contributed by atoms with Gasteiger partial charge < -0.3 is 10.3 Å². The molecule has 1 aromatic heterocycles. The Balaban J connectivity index is 1.78. The summed E-state index contributed by atoms with van der Waals surface area (Å²) in [5.74, 6) is -1.62. The van der Waals surface area contributed by atoms with E-state index in [1.807, 2.05) is 0 Å².